The van der Waals surface area contributed by atoms with E-state index in [9.17, 15) is 5.11 Å². The fraction of sp³-hybridized carbons (Fsp3) is 0.294. The first-order valence-corrected chi connectivity index (χ1v) is 10.0. The second-order valence-corrected chi connectivity index (χ2v) is 9.76. The van der Waals surface area contributed by atoms with Crippen molar-refractivity contribution in [3.05, 3.63) is 54.1 Å². The van der Waals surface area contributed by atoms with Gasteiger partial charge in [0.05, 0.1) is 13.2 Å². The summed E-state index contributed by atoms with van der Waals surface area (Å²) in [5.41, 5.74) is 1.04. The molecule has 2 aromatic carbocycles. The summed E-state index contributed by atoms with van der Waals surface area (Å²) >= 11 is 0. The first kappa shape index (κ1) is 14.8. The molecule has 0 aliphatic heterocycles. The summed E-state index contributed by atoms with van der Waals surface area (Å²) in [7, 11) is -1.78. The monoisotopic (exact) mass is 286 g/mol. The molecule has 106 valence electrons. The molecule has 0 bridgehead atoms. The fourth-order valence-corrected chi connectivity index (χ4v) is 5.35. The van der Waals surface area contributed by atoms with Crippen molar-refractivity contribution in [2.45, 2.75) is 26.6 Å². The molecule has 0 saturated heterocycles. The zero-order valence-corrected chi connectivity index (χ0v) is 13.4. The van der Waals surface area contributed by atoms with Gasteiger partial charge in [-0.15, -0.1) is 0 Å². The molecule has 0 amide bonds. The molecular weight excluding hydrogens is 264 g/mol. The van der Waals surface area contributed by atoms with Gasteiger partial charge < -0.3 is 9.84 Å². The molecule has 0 aliphatic rings. The lowest BCUT2D eigenvalue weighted by atomic mass is 10.2. The summed E-state index contributed by atoms with van der Waals surface area (Å²) in [6.07, 6.45) is 0. The molecule has 2 aromatic rings. The van der Waals surface area contributed by atoms with Gasteiger partial charge in [0.1, 0.15) is 13.8 Å². The van der Waals surface area contributed by atoms with Crippen molar-refractivity contribution in [1.82, 2.24) is 0 Å². The number of benzene rings is 2. The predicted octanol–water partition coefficient (Wildman–Crippen LogP) is 2.40. The lowest BCUT2D eigenvalue weighted by molar-refractivity contribution is 0.283. The molecule has 2 rings (SSSR count). The third-order valence-corrected chi connectivity index (χ3v) is 7.36. The Morgan fingerprint density at radius 1 is 1.00 bits per heavy atom. The molecular formula is C17H22O2Si. The highest BCUT2D eigenvalue weighted by Crippen LogP contribution is 2.13. The number of hydrogen-bond acceptors (Lipinski definition) is 2. The molecule has 0 saturated carbocycles. The number of aliphatic hydroxyl groups excluding tert-OH is 1. The summed E-state index contributed by atoms with van der Waals surface area (Å²) in [6, 6.07) is 16.6. The average molecular weight is 286 g/mol. The van der Waals surface area contributed by atoms with E-state index in [-0.39, 0.29) is 6.61 Å². The number of rotatable bonds is 5. The van der Waals surface area contributed by atoms with Crippen LogP contribution in [-0.4, -0.2) is 19.8 Å². The van der Waals surface area contributed by atoms with Crippen molar-refractivity contribution in [2.24, 2.45) is 0 Å². The van der Waals surface area contributed by atoms with Crippen LogP contribution in [-0.2, 0) is 6.61 Å². The van der Waals surface area contributed by atoms with E-state index < -0.39 is 8.07 Å². The van der Waals surface area contributed by atoms with Gasteiger partial charge in [-0.1, -0.05) is 54.7 Å². The summed E-state index contributed by atoms with van der Waals surface area (Å²) < 4.78 is 5.50. The quantitative estimate of drug-likeness (QED) is 0.855. The van der Waals surface area contributed by atoms with Crippen molar-refractivity contribution in [2.75, 3.05) is 6.61 Å². The molecule has 1 N–H and O–H groups in total. The second-order valence-electron chi connectivity index (χ2n) is 5.40. The van der Waals surface area contributed by atoms with Crippen LogP contribution in [0.3, 0.4) is 0 Å². The highest BCUT2D eigenvalue weighted by molar-refractivity contribution is 7.00. The summed E-state index contributed by atoms with van der Waals surface area (Å²) in [6.45, 7) is 7.41. The smallest absolute Gasteiger partial charge is 0.119 e. The Labute approximate surface area is 122 Å². The Bertz CT molecular complexity index is 561. The first-order valence-electron chi connectivity index (χ1n) is 7.02. The van der Waals surface area contributed by atoms with Crippen molar-refractivity contribution in [1.29, 1.82) is 0 Å². The number of hydrogen-bond donors (Lipinski definition) is 1. The summed E-state index contributed by atoms with van der Waals surface area (Å²) in [4.78, 5) is 0. The lowest BCUT2D eigenvalue weighted by Crippen LogP contribution is -2.54. The van der Waals surface area contributed by atoms with E-state index in [1.807, 2.05) is 31.2 Å². The molecule has 0 aliphatic carbocycles. The fourth-order valence-electron chi connectivity index (χ4n) is 2.56. The Morgan fingerprint density at radius 3 is 2.25 bits per heavy atom. The number of ether oxygens (including phenoxy) is 1. The maximum absolute atomic E-state index is 9.54. The van der Waals surface area contributed by atoms with E-state index in [1.54, 1.807) is 0 Å². The van der Waals surface area contributed by atoms with Gasteiger partial charge in [-0.2, -0.15) is 0 Å². The Balaban J connectivity index is 2.38. The van der Waals surface area contributed by atoms with Gasteiger partial charge in [-0.25, -0.2) is 0 Å². The summed E-state index contributed by atoms with van der Waals surface area (Å²) in [5, 5.41) is 12.2. The van der Waals surface area contributed by atoms with Crippen LogP contribution in [0.25, 0.3) is 0 Å². The van der Waals surface area contributed by atoms with E-state index in [4.69, 9.17) is 4.74 Å². The van der Waals surface area contributed by atoms with Crippen LogP contribution in [0.1, 0.15) is 12.5 Å². The average Bonchev–Trinajstić information content (AvgIpc) is 2.48. The SMILES string of the molecule is CCOc1ccc([Si](C)(C)c2ccccc2CO)cc1. The van der Waals surface area contributed by atoms with Gasteiger partial charge in [0.2, 0.25) is 0 Å². The highest BCUT2D eigenvalue weighted by atomic mass is 28.3. The third kappa shape index (κ3) is 2.94. The zero-order chi connectivity index (χ0) is 14.6. The van der Waals surface area contributed by atoms with E-state index in [0.29, 0.717) is 6.61 Å². The molecule has 0 heterocycles. The van der Waals surface area contributed by atoms with Crippen LogP contribution in [0, 0.1) is 0 Å². The predicted molar refractivity (Wildman–Crippen MR) is 86.7 cm³/mol. The van der Waals surface area contributed by atoms with Crippen molar-refractivity contribution < 1.29 is 9.84 Å². The van der Waals surface area contributed by atoms with Crippen LogP contribution < -0.4 is 15.1 Å². The van der Waals surface area contributed by atoms with Crippen LogP contribution in [0.4, 0.5) is 0 Å². The maximum atomic E-state index is 9.54. The summed E-state index contributed by atoms with van der Waals surface area (Å²) in [5.74, 6) is 0.913. The standard InChI is InChI=1S/C17H22O2Si/c1-4-19-15-9-11-16(12-10-15)20(2,3)17-8-6-5-7-14(17)13-18/h5-12,18H,4,13H2,1-3H3. The minimum Gasteiger partial charge on any atom is -0.494 e. The maximum Gasteiger partial charge on any atom is 0.119 e. The molecule has 0 atom stereocenters. The topological polar surface area (TPSA) is 29.5 Å². The first-order chi connectivity index (χ1) is 9.59. The van der Waals surface area contributed by atoms with Gasteiger partial charge in [-0.3, -0.25) is 0 Å². The number of aliphatic hydroxyl groups is 1. The largest absolute Gasteiger partial charge is 0.494 e. The van der Waals surface area contributed by atoms with Crippen molar-refractivity contribution in [3.8, 4) is 5.75 Å². The molecule has 0 fully saturated rings. The van der Waals surface area contributed by atoms with Gasteiger partial charge >= 0.3 is 0 Å². The van der Waals surface area contributed by atoms with Gasteiger partial charge in [0.25, 0.3) is 0 Å². The van der Waals surface area contributed by atoms with Gasteiger partial charge in [0.15, 0.2) is 0 Å². The van der Waals surface area contributed by atoms with Crippen molar-refractivity contribution in [3.63, 3.8) is 0 Å². The van der Waals surface area contributed by atoms with E-state index in [0.717, 1.165) is 11.3 Å². The Hall–Kier alpha value is -1.58. The van der Waals surface area contributed by atoms with E-state index in [2.05, 4.69) is 37.4 Å². The minimum atomic E-state index is -1.78. The molecule has 0 aromatic heterocycles. The van der Waals surface area contributed by atoms with Crippen LogP contribution in [0.2, 0.25) is 13.1 Å². The molecule has 2 nitrogen and oxygen atoms in total. The molecule has 3 heteroatoms. The van der Waals surface area contributed by atoms with Crippen LogP contribution >= 0.6 is 0 Å². The van der Waals surface area contributed by atoms with Gasteiger partial charge in [0, 0.05) is 0 Å². The van der Waals surface area contributed by atoms with Crippen molar-refractivity contribution >= 4 is 18.4 Å². The van der Waals surface area contributed by atoms with E-state index in [1.165, 1.54) is 10.4 Å². The van der Waals surface area contributed by atoms with Gasteiger partial charge in [-0.05, 0) is 29.8 Å². The molecule has 0 radical (unpaired) electrons. The van der Waals surface area contributed by atoms with E-state index >= 15 is 0 Å². The third-order valence-electron chi connectivity index (χ3n) is 3.75. The molecule has 20 heavy (non-hydrogen) atoms. The minimum absolute atomic E-state index is 0.101. The molecule has 0 spiro atoms. The van der Waals surface area contributed by atoms with Crippen LogP contribution in [0.15, 0.2) is 48.5 Å². The zero-order valence-electron chi connectivity index (χ0n) is 12.4. The van der Waals surface area contributed by atoms with Crippen LogP contribution in [0.5, 0.6) is 5.75 Å². The lowest BCUT2D eigenvalue weighted by Gasteiger charge is -2.26. The molecule has 0 unspecified atom stereocenters. The highest BCUT2D eigenvalue weighted by Gasteiger charge is 2.27. The second kappa shape index (κ2) is 6.24. The normalized spacial score (nSPS) is 11.4. The Kier molecular flexibility index (Phi) is 4.63. The Morgan fingerprint density at radius 2 is 1.65 bits per heavy atom.